The first-order valence-corrected chi connectivity index (χ1v) is 28.9. The topological polar surface area (TPSA) is 71.9 Å². The molecule has 2 unspecified atom stereocenters. The first-order chi connectivity index (χ1) is 35.8. The van der Waals surface area contributed by atoms with Gasteiger partial charge in [0.2, 0.25) is 5.88 Å². The minimum atomic E-state index is -1.75. The van der Waals surface area contributed by atoms with E-state index in [2.05, 4.69) is 157 Å². The molecule has 1 N–H and O–H groups in total. The number of pyridine rings is 1. The summed E-state index contributed by atoms with van der Waals surface area (Å²) in [5.74, 6) is -0.0574. The number of methoxy groups -OCH3 is 1. The van der Waals surface area contributed by atoms with E-state index in [1.807, 2.05) is 50.5 Å². The Morgan fingerprint density at radius 1 is 0.608 bits per heavy atom. The summed E-state index contributed by atoms with van der Waals surface area (Å²) in [7, 11) is 4.01. The number of benzene rings is 7. The molecule has 8 aromatic rings. The number of ether oxygens (including phenoxy) is 2. The van der Waals surface area contributed by atoms with E-state index >= 15 is 0 Å². The summed E-state index contributed by atoms with van der Waals surface area (Å²) < 4.78 is 11.8. The zero-order chi connectivity index (χ0) is 50.7. The molecule has 0 amide bonds. The smallest absolute Gasteiger partial charge is 0.305 e. The Balaban J connectivity index is 0.00000800. The van der Waals surface area contributed by atoms with Crippen molar-refractivity contribution in [3.8, 4) is 5.88 Å². The Kier molecular flexibility index (Phi) is 21.4. The van der Waals surface area contributed by atoms with Crippen molar-refractivity contribution in [3.63, 3.8) is 0 Å². The lowest BCUT2D eigenvalue weighted by atomic mass is 9.70. The predicted octanol–water partition coefficient (Wildman–Crippen LogP) is 11.1. The molecule has 0 aliphatic rings. The minimum Gasteiger partial charge on any atom is -1.00 e. The predicted molar refractivity (Wildman–Crippen MR) is 308 cm³/mol. The average Bonchev–Trinajstić information content (AvgIpc) is 3.43. The molecule has 8 rings (SSSR count). The van der Waals surface area contributed by atoms with Crippen LogP contribution in [0, 0.1) is 0 Å². The molecule has 0 saturated heterocycles. The van der Waals surface area contributed by atoms with Crippen molar-refractivity contribution >= 4 is 50.8 Å². The Morgan fingerprint density at radius 3 is 1.77 bits per heavy atom. The molecule has 1 heterocycles. The molecule has 0 fully saturated rings. The van der Waals surface area contributed by atoms with E-state index in [-0.39, 0.29) is 23.0 Å². The van der Waals surface area contributed by atoms with E-state index in [1.165, 1.54) is 72.6 Å². The summed E-state index contributed by atoms with van der Waals surface area (Å²) in [6.07, 6.45) is 15.4. The molecule has 0 bridgehead atoms. The number of rotatable bonds is 28. The Hall–Kier alpha value is -5.69. The number of carbonyl (C=O) groups excluding carboxylic acids is 1. The fourth-order valence-electron chi connectivity index (χ4n) is 11.0. The number of aromatic nitrogens is 1. The van der Waals surface area contributed by atoms with Crippen LogP contribution in [-0.4, -0.2) is 61.5 Å². The highest BCUT2D eigenvalue weighted by atomic mass is 79.9. The molecule has 7 aromatic carbocycles. The normalized spacial score (nSPS) is 12.8. The van der Waals surface area contributed by atoms with Crippen LogP contribution in [0.2, 0.25) is 0 Å². The van der Waals surface area contributed by atoms with Crippen molar-refractivity contribution in [2.75, 3.05) is 40.5 Å². The van der Waals surface area contributed by atoms with Gasteiger partial charge >= 0.3 is 5.97 Å². The van der Waals surface area contributed by atoms with Gasteiger partial charge in [0.1, 0.15) is 28.8 Å². The van der Waals surface area contributed by atoms with Gasteiger partial charge in [-0.25, -0.2) is 4.98 Å². The molecule has 2 atom stereocenters. The molecule has 6 nitrogen and oxygen atoms in total. The van der Waals surface area contributed by atoms with Gasteiger partial charge in [0.05, 0.1) is 25.4 Å². The van der Waals surface area contributed by atoms with Crippen molar-refractivity contribution in [1.82, 2.24) is 9.88 Å². The summed E-state index contributed by atoms with van der Waals surface area (Å²) in [6.45, 7) is 1.12. The molecule has 8 heteroatoms. The third-order valence-electron chi connectivity index (χ3n) is 14.8. The number of nitrogens with zero attached hydrogens (tertiary/aromatic N) is 2. The second-order valence-electron chi connectivity index (χ2n) is 20.1. The third-order valence-corrected chi connectivity index (χ3v) is 19.3. The van der Waals surface area contributed by atoms with Crippen LogP contribution in [-0.2, 0) is 21.6 Å². The lowest BCUT2D eigenvalue weighted by Gasteiger charge is -2.39. The van der Waals surface area contributed by atoms with Crippen molar-refractivity contribution in [2.24, 2.45) is 0 Å². The number of aryl methyl sites for hydroxylation is 1. The Labute approximate surface area is 452 Å². The van der Waals surface area contributed by atoms with Gasteiger partial charge in [-0.05, 0) is 141 Å². The summed E-state index contributed by atoms with van der Waals surface area (Å²) in [6, 6.07) is 67.1. The van der Waals surface area contributed by atoms with Gasteiger partial charge in [-0.15, -0.1) is 0 Å². The monoisotopic (exact) mass is 1070 g/mol. The first-order valence-electron chi connectivity index (χ1n) is 26.9. The lowest BCUT2D eigenvalue weighted by molar-refractivity contribution is -0.143. The highest BCUT2D eigenvalue weighted by Gasteiger charge is 2.45. The SMILES string of the molecule is COc1nc2ccc(CCCCOC(=O)CCCCCCCCCCC[P+](c3ccccc3)(c3ccccc3)c3ccccc3)cc2cc1C(c1ccccc1)C(O)(CCN(C)C)c1cccc2ccccc12.[Br-]. The molecular formula is C66H76BrN2O4P. The van der Waals surface area contributed by atoms with E-state index in [0.717, 1.165) is 70.5 Å². The van der Waals surface area contributed by atoms with Crippen LogP contribution in [0.25, 0.3) is 21.7 Å². The first kappa shape index (κ1) is 56.0. The molecule has 1 aromatic heterocycles. The third kappa shape index (κ3) is 14.2. The molecule has 0 aliphatic heterocycles. The largest absolute Gasteiger partial charge is 1.00 e. The highest BCUT2D eigenvalue weighted by Crippen LogP contribution is 2.56. The van der Waals surface area contributed by atoms with Crippen LogP contribution in [0.1, 0.15) is 112 Å². The van der Waals surface area contributed by atoms with E-state index in [1.54, 1.807) is 7.11 Å². The summed E-state index contributed by atoms with van der Waals surface area (Å²) in [4.78, 5) is 19.9. The number of aliphatic hydroxyl groups is 1. The summed E-state index contributed by atoms with van der Waals surface area (Å²) in [5.41, 5.74) is 3.45. The summed E-state index contributed by atoms with van der Waals surface area (Å²) >= 11 is 0. The van der Waals surface area contributed by atoms with Crippen LogP contribution in [0.15, 0.2) is 188 Å². The van der Waals surface area contributed by atoms with Crippen LogP contribution >= 0.6 is 7.26 Å². The zero-order valence-electron chi connectivity index (χ0n) is 43.9. The molecule has 386 valence electrons. The van der Waals surface area contributed by atoms with Crippen molar-refractivity contribution in [2.45, 2.75) is 101 Å². The summed E-state index contributed by atoms with van der Waals surface area (Å²) in [5, 5.41) is 20.9. The maximum absolute atomic E-state index is 13.4. The van der Waals surface area contributed by atoms with E-state index < -0.39 is 18.8 Å². The van der Waals surface area contributed by atoms with Crippen LogP contribution in [0.3, 0.4) is 0 Å². The zero-order valence-corrected chi connectivity index (χ0v) is 46.4. The van der Waals surface area contributed by atoms with Crippen molar-refractivity contribution in [3.05, 3.63) is 210 Å². The number of hydrogen-bond acceptors (Lipinski definition) is 6. The van der Waals surface area contributed by atoms with Gasteiger partial charge < -0.3 is 36.5 Å². The van der Waals surface area contributed by atoms with Gasteiger partial charge in [0.25, 0.3) is 0 Å². The van der Waals surface area contributed by atoms with E-state index in [0.29, 0.717) is 31.9 Å². The van der Waals surface area contributed by atoms with Gasteiger partial charge in [0.15, 0.2) is 0 Å². The van der Waals surface area contributed by atoms with Gasteiger partial charge in [0, 0.05) is 29.8 Å². The van der Waals surface area contributed by atoms with Crippen LogP contribution in [0.5, 0.6) is 5.88 Å². The van der Waals surface area contributed by atoms with E-state index in [9.17, 15) is 9.90 Å². The number of hydrogen-bond donors (Lipinski definition) is 1. The van der Waals surface area contributed by atoms with Crippen molar-refractivity contribution < 1.29 is 36.4 Å². The van der Waals surface area contributed by atoms with Gasteiger partial charge in [-0.3, -0.25) is 4.79 Å². The van der Waals surface area contributed by atoms with Crippen molar-refractivity contribution in [1.29, 1.82) is 0 Å². The van der Waals surface area contributed by atoms with E-state index in [4.69, 9.17) is 14.5 Å². The molecule has 0 spiro atoms. The highest BCUT2D eigenvalue weighted by molar-refractivity contribution is 7.95. The quantitative estimate of drug-likeness (QED) is 0.0299. The molecule has 0 radical (unpaired) electrons. The Bertz CT molecular complexity index is 2840. The number of halogens is 1. The van der Waals surface area contributed by atoms with Gasteiger partial charge in [-0.2, -0.15) is 0 Å². The molecule has 0 aliphatic carbocycles. The standard InChI is InChI=1S/C66H76N2O4P.BrH/c1-68(2)47-46-66(70,61-42-29-34-53-31-24-25-41-59(53)61)64(54-32-15-11-16-33-54)60-51-55-50-52(44-45-62(55)67-65(60)71-3)30-26-27-48-72-63(69)43-23-9-7-5-4-6-8-10-28-49-73(56-35-17-12-18-36-56,57-37-19-13-20-38-57)58-39-21-14-22-40-58;/h11-22,24-25,29,31-42,44-45,50-51,64,70H,4-10,23,26-28,30,43,46-49H2,1-3H3;1H/q+1;/p-1. The second kappa shape index (κ2) is 28.3. The number of esters is 1. The number of carbonyl (C=O) groups is 1. The minimum absolute atomic E-state index is 0. The fraction of sp³-hybridized carbons (Fsp3) is 0.333. The molecule has 74 heavy (non-hydrogen) atoms. The number of unbranched alkanes of at least 4 members (excludes halogenated alkanes) is 9. The molecule has 0 saturated carbocycles. The lowest BCUT2D eigenvalue weighted by Crippen LogP contribution is -3.00. The van der Waals surface area contributed by atoms with Crippen LogP contribution < -0.4 is 37.6 Å². The number of fused-ring (bicyclic) bond motifs is 2. The second-order valence-corrected chi connectivity index (χ2v) is 23.7. The molecular weight excluding hydrogens is 996 g/mol. The average molecular weight is 1070 g/mol. The maximum atomic E-state index is 13.4. The van der Waals surface area contributed by atoms with Gasteiger partial charge in [-0.1, -0.05) is 172 Å². The van der Waals surface area contributed by atoms with Crippen LogP contribution in [0.4, 0.5) is 0 Å². The maximum Gasteiger partial charge on any atom is 0.305 e. The fourth-order valence-corrected chi connectivity index (χ4v) is 15.4. The Morgan fingerprint density at radius 2 is 1.16 bits per heavy atom.